The monoisotopic (exact) mass is 302 g/mol. The second-order valence-electron chi connectivity index (χ2n) is 5.87. The number of rotatable bonds is 4. The maximum Gasteiger partial charge on any atom is 0.263 e. The Bertz CT molecular complexity index is 567. The average molecular weight is 302 g/mol. The lowest BCUT2D eigenvalue weighted by Gasteiger charge is -2.38. The fourth-order valence-corrected chi connectivity index (χ4v) is 2.77. The lowest BCUT2D eigenvalue weighted by molar-refractivity contribution is -0.142. The van der Waals surface area contributed by atoms with Gasteiger partial charge in [-0.1, -0.05) is 6.07 Å². The number of piperidine rings is 1. The predicted octanol–water partition coefficient (Wildman–Crippen LogP) is 1.94. The summed E-state index contributed by atoms with van der Waals surface area (Å²) in [6.07, 6.45) is 1.22. The number of hydrogen-bond donors (Lipinski definition) is 1. The van der Waals surface area contributed by atoms with Gasteiger partial charge in [0.25, 0.3) is 5.91 Å². The van der Waals surface area contributed by atoms with Crippen LogP contribution in [0.5, 0.6) is 5.75 Å². The quantitative estimate of drug-likeness (QED) is 0.922. The largest absolute Gasteiger partial charge is 0.481 e. The van der Waals surface area contributed by atoms with Gasteiger partial charge >= 0.3 is 0 Å². The Balaban J connectivity index is 2.03. The number of nitrogens with zero attached hydrogens (tertiary/aromatic N) is 2. The van der Waals surface area contributed by atoms with Crippen LogP contribution in [0.3, 0.4) is 0 Å². The molecule has 1 aliphatic heterocycles. The van der Waals surface area contributed by atoms with E-state index < -0.39 is 6.10 Å². The molecule has 1 fully saturated rings. The molecule has 3 unspecified atom stereocenters. The zero-order valence-corrected chi connectivity index (χ0v) is 13.0. The molecule has 0 aliphatic carbocycles. The molecule has 118 valence electrons. The predicted molar refractivity (Wildman–Crippen MR) is 82.2 cm³/mol. The van der Waals surface area contributed by atoms with Crippen molar-refractivity contribution in [3.8, 4) is 11.8 Å². The maximum absolute atomic E-state index is 12.6. The standard InChI is InChI=1S/C17H22N2O3/c1-12-6-7-15(11-20)10-19(12)17(21)13(2)22-16-5-3-4-14(8-16)9-18/h3-5,8,12-13,15,20H,6-7,10-11H2,1-2H3. The van der Waals surface area contributed by atoms with Gasteiger partial charge in [0.15, 0.2) is 6.10 Å². The Labute approximate surface area is 131 Å². The van der Waals surface area contributed by atoms with Gasteiger partial charge in [-0.3, -0.25) is 4.79 Å². The smallest absolute Gasteiger partial charge is 0.263 e. The van der Waals surface area contributed by atoms with Crippen LogP contribution in [0.4, 0.5) is 0 Å². The minimum absolute atomic E-state index is 0.0759. The number of nitriles is 1. The van der Waals surface area contributed by atoms with Crippen molar-refractivity contribution in [2.75, 3.05) is 13.2 Å². The lowest BCUT2D eigenvalue weighted by Crippen LogP contribution is -2.50. The third kappa shape index (κ3) is 3.77. The molecule has 3 atom stereocenters. The summed E-state index contributed by atoms with van der Waals surface area (Å²) < 4.78 is 5.68. The third-order valence-corrected chi connectivity index (χ3v) is 4.14. The molecule has 0 aromatic heterocycles. The number of aliphatic hydroxyl groups is 1. The summed E-state index contributed by atoms with van der Waals surface area (Å²) in [5.74, 6) is 0.588. The SMILES string of the molecule is CC(Oc1cccc(C#N)c1)C(=O)N1CC(CO)CCC1C. The first-order valence-corrected chi connectivity index (χ1v) is 7.63. The van der Waals surface area contributed by atoms with Crippen LogP contribution in [0.15, 0.2) is 24.3 Å². The van der Waals surface area contributed by atoms with E-state index in [0.29, 0.717) is 17.9 Å². The van der Waals surface area contributed by atoms with E-state index in [1.54, 1.807) is 36.1 Å². The Morgan fingerprint density at radius 2 is 2.32 bits per heavy atom. The van der Waals surface area contributed by atoms with Gasteiger partial charge < -0.3 is 14.7 Å². The average Bonchev–Trinajstić information content (AvgIpc) is 2.54. The van der Waals surface area contributed by atoms with Crippen molar-refractivity contribution in [2.45, 2.75) is 38.8 Å². The van der Waals surface area contributed by atoms with Gasteiger partial charge in [0.2, 0.25) is 0 Å². The van der Waals surface area contributed by atoms with Crippen LogP contribution < -0.4 is 4.74 Å². The molecule has 1 aromatic carbocycles. The fraction of sp³-hybridized carbons (Fsp3) is 0.529. The van der Waals surface area contributed by atoms with Crippen molar-refractivity contribution in [1.29, 1.82) is 5.26 Å². The summed E-state index contributed by atoms with van der Waals surface area (Å²) >= 11 is 0. The van der Waals surface area contributed by atoms with Crippen molar-refractivity contribution in [1.82, 2.24) is 4.90 Å². The van der Waals surface area contributed by atoms with Crippen LogP contribution in [0.25, 0.3) is 0 Å². The van der Waals surface area contributed by atoms with Gasteiger partial charge in [0.05, 0.1) is 11.6 Å². The molecule has 1 heterocycles. The molecule has 5 heteroatoms. The highest BCUT2D eigenvalue weighted by Gasteiger charge is 2.31. The first-order chi connectivity index (χ1) is 10.5. The van der Waals surface area contributed by atoms with Gasteiger partial charge in [-0.2, -0.15) is 5.26 Å². The minimum Gasteiger partial charge on any atom is -0.481 e. The van der Waals surface area contributed by atoms with Crippen molar-refractivity contribution in [2.24, 2.45) is 5.92 Å². The summed E-state index contributed by atoms with van der Waals surface area (Å²) in [5, 5.41) is 18.2. The molecule has 0 radical (unpaired) electrons. The van der Waals surface area contributed by atoms with Crippen LogP contribution in [-0.2, 0) is 4.79 Å². The molecule has 22 heavy (non-hydrogen) atoms. The summed E-state index contributed by atoms with van der Waals surface area (Å²) in [7, 11) is 0. The molecule has 1 amide bonds. The van der Waals surface area contributed by atoms with Gasteiger partial charge in [0.1, 0.15) is 5.75 Å². The summed E-state index contributed by atoms with van der Waals surface area (Å²) in [6.45, 7) is 4.42. The van der Waals surface area contributed by atoms with Crippen LogP contribution in [-0.4, -0.2) is 41.2 Å². The Morgan fingerprint density at radius 1 is 1.55 bits per heavy atom. The van der Waals surface area contributed by atoms with Crippen LogP contribution >= 0.6 is 0 Å². The molecule has 0 saturated carbocycles. The Kier molecular flexibility index (Phi) is 5.40. The summed E-state index contributed by atoms with van der Waals surface area (Å²) in [5.41, 5.74) is 0.504. The molecule has 5 nitrogen and oxygen atoms in total. The molecule has 0 spiro atoms. The van der Waals surface area contributed by atoms with Crippen LogP contribution in [0.1, 0.15) is 32.3 Å². The number of benzene rings is 1. The molecular formula is C17H22N2O3. The normalized spacial score (nSPS) is 22.7. The van der Waals surface area contributed by atoms with E-state index in [9.17, 15) is 9.90 Å². The maximum atomic E-state index is 12.6. The molecule has 2 rings (SSSR count). The second-order valence-corrected chi connectivity index (χ2v) is 5.87. The topological polar surface area (TPSA) is 73.6 Å². The van der Waals surface area contributed by atoms with Crippen molar-refractivity contribution >= 4 is 5.91 Å². The van der Waals surface area contributed by atoms with E-state index in [4.69, 9.17) is 10.00 Å². The fourth-order valence-electron chi connectivity index (χ4n) is 2.77. The van der Waals surface area contributed by atoms with E-state index in [1.807, 2.05) is 6.92 Å². The number of carbonyl (C=O) groups excluding carboxylic acids is 1. The van der Waals surface area contributed by atoms with E-state index in [2.05, 4.69) is 6.07 Å². The highest BCUT2D eigenvalue weighted by atomic mass is 16.5. The van der Waals surface area contributed by atoms with Gasteiger partial charge in [-0.15, -0.1) is 0 Å². The zero-order valence-electron chi connectivity index (χ0n) is 13.0. The van der Waals surface area contributed by atoms with Crippen molar-refractivity contribution in [3.63, 3.8) is 0 Å². The minimum atomic E-state index is -0.617. The first-order valence-electron chi connectivity index (χ1n) is 7.63. The van der Waals surface area contributed by atoms with Gasteiger partial charge in [-0.25, -0.2) is 0 Å². The summed E-state index contributed by atoms with van der Waals surface area (Å²) in [6, 6.07) is 9.00. The molecule has 1 saturated heterocycles. The molecular weight excluding hydrogens is 280 g/mol. The van der Waals surface area contributed by atoms with Gasteiger partial charge in [-0.05, 0) is 50.8 Å². The number of hydrogen-bond acceptors (Lipinski definition) is 4. The van der Waals surface area contributed by atoms with Crippen molar-refractivity contribution in [3.05, 3.63) is 29.8 Å². The second kappa shape index (κ2) is 7.28. The zero-order chi connectivity index (χ0) is 16.1. The Hall–Kier alpha value is -2.06. The number of amides is 1. The highest BCUT2D eigenvalue weighted by Crippen LogP contribution is 2.23. The molecule has 1 aromatic rings. The first kappa shape index (κ1) is 16.3. The number of carbonyl (C=O) groups is 1. The molecule has 0 bridgehead atoms. The van der Waals surface area contributed by atoms with E-state index >= 15 is 0 Å². The van der Waals surface area contributed by atoms with Gasteiger partial charge in [0, 0.05) is 19.2 Å². The van der Waals surface area contributed by atoms with Crippen molar-refractivity contribution < 1.29 is 14.6 Å². The number of aliphatic hydroxyl groups excluding tert-OH is 1. The molecule has 1 aliphatic rings. The third-order valence-electron chi connectivity index (χ3n) is 4.14. The highest BCUT2D eigenvalue weighted by molar-refractivity contribution is 5.81. The van der Waals surface area contributed by atoms with E-state index in [1.165, 1.54) is 0 Å². The van der Waals surface area contributed by atoms with Crippen LogP contribution in [0, 0.1) is 17.2 Å². The molecule has 1 N–H and O–H groups in total. The van der Waals surface area contributed by atoms with E-state index in [0.717, 1.165) is 12.8 Å². The Morgan fingerprint density at radius 3 is 3.00 bits per heavy atom. The van der Waals surface area contributed by atoms with E-state index in [-0.39, 0.29) is 24.5 Å². The van der Waals surface area contributed by atoms with Crippen LogP contribution in [0.2, 0.25) is 0 Å². The summed E-state index contributed by atoms with van der Waals surface area (Å²) in [4.78, 5) is 14.4. The number of ether oxygens (including phenoxy) is 1. The lowest BCUT2D eigenvalue weighted by atomic mass is 9.93. The number of likely N-dealkylation sites (tertiary alicyclic amines) is 1.